The lowest BCUT2D eigenvalue weighted by Crippen LogP contribution is -2.37. The monoisotopic (exact) mass is 298 g/mol. The smallest absolute Gasteiger partial charge is 0.322 e. The molecule has 0 aromatic carbocycles. The molecule has 7 nitrogen and oxygen atoms in total. The third-order valence-corrected chi connectivity index (χ3v) is 3.34. The molecule has 0 unspecified atom stereocenters. The van der Waals surface area contributed by atoms with Gasteiger partial charge in [-0.3, -0.25) is 14.9 Å². The predicted molar refractivity (Wildman–Crippen MR) is 72.0 cm³/mol. The summed E-state index contributed by atoms with van der Waals surface area (Å²) in [6, 6.07) is 0.411. The third-order valence-electron chi connectivity index (χ3n) is 3.14. The number of amides is 4. The van der Waals surface area contributed by atoms with Crippen molar-refractivity contribution in [1.29, 1.82) is 0 Å². The van der Waals surface area contributed by atoms with Gasteiger partial charge in [-0.05, 0) is 6.07 Å². The van der Waals surface area contributed by atoms with Gasteiger partial charge in [0.2, 0.25) is 5.91 Å². The van der Waals surface area contributed by atoms with Crippen LogP contribution in [-0.4, -0.2) is 40.4 Å². The molecule has 1 aromatic rings. The van der Waals surface area contributed by atoms with E-state index in [1.54, 1.807) is 19.3 Å². The lowest BCUT2D eigenvalue weighted by atomic mass is 10.2. The molecule has 2 N–H and O–H groups in total. The maximum Gasteiger partial charge on any atom is 0.322 e. The Labute approximate surface area is 120 Å². The van der Waals surface area contributed by atoms with Crippen molar-refractivity contribution in [2.24, 2.45) is 7.05 Å². The summed E-state index contributed by atoms with van der Waals surface area (Å²) in [6.45, 7) is 0.379. The highest BCUT2D eigenvalue weighted by atomic mass is 35.5. The first-order valence-corrected chi connectivity index (χ1v) is 6.40. The molecule has 0 radical (unpaired) electrons. The van der Waals surface area contributed by atoms with Crippen LogP contribution >= 0.6 is 11.6 Å². The maximum absolute atomic E-state index is 12.0. The van der Waals surface area contributed by atoms with Crippen molar-refractivity contribution < 1.29 is 14.4 Å². The van der Waals surface area contributed by atoms with Crippen LogP contribution in [0.15, 0.2) is 12.3 Å². The second-order valence-corrected chi connectivity index (χ2v) is 5.17. The molecule has 0 aliphatic carbocycles. The molecule has 1 saturated heterocycles. The van der Waals surface area contributed by atoms with Gasteiger partial charge in [-0.1, -0.05) is 11.6 Å². The van der Waals surface area contributed by atoms with Gasteiger partial charge in [-0.2, -0.15) is 0 Å². The van der Waals surface area contributed by atoms with Gasteiger partial charge in [0.1, 0.15) is 6.04 Å². The highest BCUT2D eigenvalue weighted by Gasteiger charge is 2.32. The van der Waals surface area contributed by atoms with Crippen LogP contribution in [0, 0.1) is 0 Å². The molecular formula is C12H15ClN4O3. The molecule has 1 atom stereocenters. The van der Waals surface area contributed by atoms with Crippen molar-refractivity contribution in [3.8, 4) is 0 Å². The van der Waals surface area contributed by atoms with E-state index in [1.165, 1.54) is 4.90 Å². The van der Waals surface area contributed by atoms with E-state index in [0.29, 0.717) is 11.6 Å². The van der Waals surface area contributed by atoms with Crippen LogP contribution in [0.25, 0.3) is 0 Å². The summed E-state index contributed by atoms with van der Waals surface area (Å²) in [5.74, 6) is -0.705. The average molecular weight is 299 g/mol. The van der Waals surface area contributed by atoms with Gasteiger partial charge in [0.05, 0.1) is 18.0 Å². The highest BCUT2D eigenvalue weighted by molar-refractivity contribution is 6.30. The quantitative estimate of drug-likeness (QED) is 0.781. The van der Waals surface area contributed by atoms with Crippen LogP contribution in [0.1, 0.15) is 12.1 Å². The predicted octanol–water partition coefficient (Wildman–Crippen LogP) is 0.235. The standard InChI is InChI=1S/C12H15ClN4O3/c1-16-5-7(13)3-8(16)6-17(2)10(18)4-9-11(19)15-12(20)14-9/h3,5,9H,4,6H2,1-2H3,(H2,14,15,19,20)/t9-/m0/s1. The van der Waals surface area contributed by atoms with E-state index in [9.17, 15) is 14.4 Å². The summed E-state index contributed by atoms with van der Waals surface area (Å²) < 4.78 is 1.83. The number of hydrogen-bond donors (Lipinski definition) is 2. The van der Waals surface area contributed by atoms with Crippen molar-refractivity contribution in [3.05, 3.63) is 23.0 Å². The summed E-state index contributed by atoms with van der Waals surface area (Å²) in [4.78, 5) is 35.9. The fourth-order valence-corrected chi connectivity index (χ4v) is 2.26. The molecule has 2 rings (SSSR count). The summed E-state index contributed by atoms with van der Waals surface area (Å²) in [5.41, 5.74) is 0.880. The Morgan fingerprint density at radius 3 is 2.70 bits per heavy atom. The second kappa shape index (κ2) is 5.54. The van der Waals surface area contributed by atoms with Gasteiger partial charge < -0.3 is 14.8 Å². The molecule has 0 saturated carbocycles. The van der Waals surface area contributed by atoms with Gasteiger partial charge in [-0.25, -0.2) is 4.79 Å². The van der Waals surface area contributed by atoms with E-state index in [0.717, 1.165) is 5.69 Å². The van der Waals surface area contributed by atoms with E-state index in [1.807, 2.05) is 11.6 Å². The SMILES string of the molecule is CN(Cc1cc(Cl)cn1C)C(=O)C[C@@H]1NC(=O)NC1=O. The van der Waals surface area contributed by atoms with Gasteiger partial charge in [0, 0.05) is 26.0 Å². The Balaban J connectivity index is 1.94. The molecular weight excluding hydrogens is 284 g/mol. The number of hydrogen-bond acceptors (Lipinski definition) is 3. The number of aromatic nitrogens is 1. The highest BCUT2D eigenvalue weighted by Crippen LogP contribution is 2.14. The summed E-state index contributed by atoms with van der Waals surface area (Å²) in [7, 11) is 3.47. The molecule has 20 heavy (non-hydrogen) atoms. The molecule has 0 spiro atoms. The lowest BCUT2D eigenvalue weighted by molar-refractivity contribution is -0.133. The summed E-state index contributed by atoms with van der Waals surface area (Å²) in [5, 5.41) is 5.09. The van der Waals surface area contributed by atoms with Crippen LogP contribution in [0.2, 0.25) is 5.02 Å². The number of aryl methyl sites for hydroxylation is 1. The third kappa shape index (κ3) is 3.11. The zero-order valence-corrected chi connectivity index (χ0v) is 11.9. The number of imide groups is 1. The van der Waals surface area contributed by atoms with E-state index in [4.69, 9.17) is 11.6 Å². The number of nitrogens with zero attached hydrogens (tertiary/aromatic N) is 2. The van der Waals surface area contributed by atoms with Gasteiger partial charge in [0.25, 0.3) is 5.91 Å². The molecule has 0 bridgehead atoms. The van der Waals surface area contributed by atoms with E-state index in [-0.39, 0.29) is 12.3 Å². The Bertz CT molecular complexity index is 569. The Morgan fingerprint density at radius 2 is 2.20 bits per heavy atom. The fraction of sp³-hybridized carbons (Fsp3) is 0.417. The lowest BCUT2D eigenvalue weighted by Gasteiger charge is -2.18. The van der Waals surface area contributed by atoms with Crippen LogP contribution in [0.3, 0.4) is 0 Å². The minimum atomic E-state index is -0.797. The first kappa shape index (κ1) is 14.4. The normalized spacial score (nSPS) is 17.9. The molecule has 2 heterocycles. The van der Waals surface area contributed by atoms with Crippen LogP contribution in [0.4, 0.5) is 4.79 Å². The number of rotatable bonds is 4. The maximum atomic E-state index is 12.0. The fourth-order valence-electron chi connectivity index (χ4n) is 1.99. The second-order valence-electron chi connectivity index (χ2n) is 4.73. The van der Waals surface area contributed by atoms with Crippen LogP contribution in [-0.2, 0) is 23.2 Å². The molecule has 1 fully saturated rings. The van der Waals surface area contributed by atoms with Gasteiger partial charge in [0.15, 0.2) is 0 Å². The minimum absolute atomic E-state index is 0.0633. The van der Waals surface area contributed by atoms with Crippen molar-refractivity contribution in [2.45, 2.75) is 19.0 Å². The van der Waals surface area contributed by atoms with Gasteiger partial charge in [-0.15, -0.1) is 0 Å². The Kier molecular flexibility index (Phi) is 3.99. The molecule has 108 valence electrons. The summed E-state index contributed by atoms with van der Waals surface area (Å²) in [6.07, 6.45) is 1.69. The number of urea groups is 1. The van der Waals surface area contributed by atoms with Crippen LogP contribution in [0.5, 0.6) is 0 Å². The van der Waals surface area contributed by atoms with Gasteiger partial charge >= 0.3 is 6.03 Å². The first-order chi connectivity index (χ1) is 9.36. The molecule has 1 aliphatic heterocycles. The topological polar surface area (TPSA) is 83.4 Å². The molecule has 8 heteroatoms. The van der Waals surface area contributed by atoms with E-state index < -0.39 is 18.0 Å². The number of nitrogens with one attached hydrogen (secondary N) is 2. The first-order valence-electron chi connectivity index (χ1n) is 6.03. The number of halogens is 1. The van der Waals surface area contributed by atoms with Crippen molar-refractivity contribution in [2.75, 3.05) is 7.05 Å². The Morgan fingerprint density at radius 1 is 1.50 bits per heavy atom. The van der Waals surface area contributed by atoms with E-state index in [2.05, 4.69) is 10.6 Å². The molecule has 1 aromatic heterocycles. The largest absolute Gasteiger partial charge is 0.351 e. The van der Waals surface area contributed by atoms with Crippen molar-refractivity contribution >= 4 is 29.4 Å². The van der Waals surface area contributed by atoms with Crippen molar-refractivity contribution in [1.82, 2.24) is 20.1 Å². The van der Waals surface area contributed by atoms with Crippen LogP contribution < -0.4 is 10.6 Å². The van der Waals surface area contributed by atoms with Crippen molar-refractivity contribution in [3.63, 3.8) is 0 Å². The number of carbonyl (C=O) groups is 3. The average Bonchev–Trinajstić information content (AvgIpc) is 2.82. The molecule has 4 amide bonds. The Hall–Kier alpha value is -2.02. The zero-order valence-electron chi connectivity index (χ0n) is 11.1. The summed E-state index contributed by atoms with van der Waals surface area (Å²) >= 11 is 5.88. The zero-order chi connectivity index (χ0) is 14.9. The minimum Gasteiger partial charge on any atom is -0.351 e. The van der Waals surface area contributed by atoms with E-state index >= 15 is 0 Å². The number of carbonyl (C=O) groups excluding carboxylic acids is 3. The molecule has 1 aliphatic rings.